The van der Waals surface area contributed by atoms with E-state index < -0.39 is 5.97 Å². The molecule has 3 unspecified atom stereocenters. The number of hydrogen-bond donors (Lipinski definition) is 1. The molecule has 4 rings (SSSR count). The molecule has 0 aromatic carbocycles. The Hall–Kier alpha value is -1.65. The van der Waals surface area contributed by atoms with Crippen LogP contribution in [0.5, 0.6) is 0 Å². The van der Waals surface area contributed by atoms with Crippen LogP contribution in [0.4, 0.5) is 0 Å². The third-order valence-corrected chi connectivity index (χ3v) is 9.31. The number of hydrogen-bond acceptors (Lipinski definition) is 4. The van der Waals surface area contributed by atoms with Crippen LogP contribution in [-0.2, 0) is 19.1 Å². The van der Waals surface area contributed by atoms with E-state index in [-0.39, 0.29) is 35.7 Å². The number of carbonyl (C=O) groups excluding carboxylic acids is 2. The average Bonchev–Trinajstić information content (AvgIpc) is 2.98. The monoisotopic (exact) mass is 402 g/mol. The molecule has 5 nitrogen and oxygen atoms in total. The lowest BCUT2D eigenvalue weighted by molar-refractivity contribution is -0.163. The molecule has 0 amide bonds. The Bertz CT molecular complexity index is 754. The molecule has 1 N–H and O–H groups in total. The van der Waals surface area contributed by atoms with Gasteiger partial charge in [0.2, 0.25) is 0 Å². The number of esters is 1. The van der Waals surface area contributed by atoms with Crippen LogP contribution in [-0.4, -0.2) is 28.9 Å². The minimum absolute atomic E-state index is 0.00858. The Morgan fingerprint density at radius 1 is 1.10 bits per heavy atom. The van der Waals surface area contributed by atoms with Gasteiger partial charge in [0.15, 0.2) is 5.78 Å². The standard InChI is InChI=1S/C24H34O5/c1-14-12-16(25)13-15-4-5-17-18-6-7-20(29-22(28)9-8-21(26)27)23(18,2)11-10-19(17)24(14,15)3/h12,15,17-20H,4-11,13H2,1-3H3,(H,26,27)/t15-,17?,18?,19?,20-,23-,24-/m0/s1. The van der Waals surface area contributed by atoms with Crippen LogP contribution in [0.25, 0.3) is 0 Å². The molecular weight excluding hydrogens is 368 g/mol. The Labute approximate surface area is 173 Å². The Morgan fingerprint density at radius 3 is 2.59 bits per heavy atom. The van der Waals surface area contributed by atoms with E-state index in [1.54, 1.807) is 0 Å². The number of allylic oxidation sites excluding steroid dienone is 2. The summed E-state index contributed by atoms with van der Waals surface area (Å²) in [6, 6.07) is 0. The van der Waals surface area contributed by atoms with Crippen LogP contribution in [0.3, 0.4) is 0 Å². The lowest BCUT2D eigenvalue weighted by Gasteiger charge is -2.60. The molecule has 3 saturated carbocycles. The highest BCUT2D eigenvalue weighted by Gasteiger charge is 2.61. The van der Waals surface area contributed by atoms with Gasteiger partial charge in [0, 0.05) is 11.8 Å². The zero-order chi connectivity index (χ0) is 21.0. The van der Waals surface area contributed by atoms with Gasteiger partial charge in [0.05, 0.1) is 12.8 Å². The molecule has 4 aliphatic carbocycles. The first-order valence-electron chi connectivity index (χ1n) is 11.3. The van der Waals surface area contributed by atoms with Crippen LogP contribution < -0.4 is 0 Å². The van der Waals surface area contributed by atoms with E-state index in [0.29, 0.717) is 35.9 Å². The largest absolute Gasteiger partial charge is 0.481 e. The number of ether oxygens (including phenoxy) is 1. The number of rotatable bonds is 4. The van der Waals surface area contributed by atoms with Crippen LogP contribution in [0.1, 0.15) is 78.6 Å². The third kappa shape index (κ3) is 3.25. The zero-order valence-corrected chi connectivity index (χ0v) is 17.9. The van der Waals surface area contributed by atoms with Gasteiger partial charge in [0.25, 0.3) is 0 Å². The first kappa shape index (κ1) is 20.6. The predicted octanol–water partition coefficient (Wildman–Crippen LogP) is 4.54. The second kappa shape index (κ2) is 7.24. The fraction of sp³-hybridized carbons (Fsp3) is 0.792. The van der Waals surface area contributed by atoms with E-state index in [2.05, 4.69) is 20.8 Å². The first-order chi connectivity index (χ1) is 13.7. The van der Waals surface area contributed by atoms with Crippen molar-refractivity contribution in [1.82, 2.24) is 0 Å². The van der Waals surface area contributed by atoms with E-state index in [9.17, 15) is 14.4 Å². The Balaban J connectivity index is 1.52. The number of carboxylic acids is 1. The molecule has 0 radical (unpaired) electrons. The highest BCUT2D eigenvalue weighted by atomic mass is 16.5. The van der Waals surface area contributed by atoms with Crippen molar-refractivity contribution in [2.45, 2.75) is 84.7 Å². The molecule has 7 atom stereocenters. The molecule has 0 aromatic rings. The number of ketones is 1. The zero-order valence-electron chi connectivity index (χ0n) is 17.9. The van der Waals surface area contributed by atoms with E-state index >= 15 is 0 Å². The molecule has 29 heavy (non-hydrogen) atoms. The number of fused-ring (bicyclic) bond motifs is 5. The van der Waals surface area contributed by atoms with Crippen LogP contribution in [0, 0.1) is 34.5 Å². The summed E-state index contributed by atoms with van der Waals surface area (Å²) >= 11 is 0. The van der Waals surface area contributed by atoms with Crippen molar-refractivity contribution in [3.05, 3.63) is 11.6 Å². The van der Waals surface area contributed by atoms with Gasteiger partial charge in [-0.05, 0) is 80.6 Å². The lowest BCUT2D eigenvalue weighted by atomic mass is 9.45. The van der Waals surface area contributed by atoms with Crippen molar-refractivity contribution in [1.29, 1.82) is 0 Å². The highest BCUT2D eigenvalue weighted by molar-refractivity contribution is 5.91. The molecule has 0 bridgehead atoms. The maximum absolute atomic E-state index is 12.2. The molecule has 160 valence electrons. The fourth-order valence-corrected chi connectivity index (χ4v) is 7.63. The summed E-state index contributed by atoms with van der Waals surface area (Å²) in [5, 5.41) is 8.81. The average molecular weight is 403 g/mol. The van der Waals surface area contributed by atoms with Gasteiger partial charge in [-0.2, -0.15) is 0 Å². The maximum atomic E-state index is 12.2. The Kier molecular flexibility index (Phi) is 5.15. The molecule has 0 saturated heterocycles. The van der Waals surface area contributed by atoms with Crippen LogP contribution in [0.15, 0.2) is 11.6 Å². The summed E-state index contributed by atoms with van der Waals surface area (Å²) in [5.41, 5.74) is 1.38. The maximum Gasteiger partial charge on any atom is 0.306 e. The molecule has 0 heterocycles. The molecule has 5 heteroatoms. The molecule has 0 spiro atoms. The van der Waals surface area contributed by atoms with Gasteiger partial charge >= 0.3 is 11.9 Å². The number of carbonyl (C=O) groups is 3. The summed E-state index contributed by atoms with van der Waals surface area (Å²) in [6.07, 6.45) is 8.70. The number of aliphatic carboxylic acids is 1. The molecular formula is C24H34O5. The van der Waals surface area contributed by atoms with E-state index in [1.807, 2.05) is 6.08 Å². The van der Waals surface area contributed by atoms with Gasteiger partial charge in [-0.25, -0.2) is 0 Å². The minimum Gasteiger partial charge on any atom is -0.481 e. The van der Waals surface area contributed by atoms with Gasteiger partial charge in [-0.15, -0.1) is 0 Å². The molecule has 0 aromatic heterocycles. The molecule has 0 aliphatic heterocycles. The summed E-state index contributed by atoms with van der Waals surface area (Å²) in [6.45, 7) is 6.84. The van der Waals surface area contributed by atoms with Crippen molar-refractivity contribution in [3.8, 4) is 0 Å². The third-order valence-electron chi connectivity index (χ3n) is 9.31. The normalized spacial score (nSPS) is 43.6. The van der Waals surface area contributed by atoms with Gasteiger partial charge in [-0.3, -0.25) is 14.4 Å². The van der Waals surface area contributed by atoms with Crippen LogP contribution in [0.2, 0.25) is 0 Å². The SMILES string of the molecule is CC1=CC(=O)C[C@@H]2CCC3C4CC[C@H](OC(=O)CCC(=O)O)[C@@]4(C)CCC3[C@@]12C. The minimum atomic E-state index is -0.961. The Morgan fingerprint density at radius 2 is 1.86 bits per heavy atom. The topological polar surface area (TPSA) is 80.7 Å². The second-order valence-corrected chi connectivity index (χ2v) is 10.4. The summed E-state index contributed by atoms with van der Waals surface area (Å²) < 4.78 is 5.82. The lowest BCUT2D eigenvalue weighted by Crippen LogP contribution is -2.54. The molecule has 4 aliphatic rings. The quantitative estimate of drug-likeness (QED) is 0.698. The van der Waals surface area contributed by atoms with Crippen LogP contribution >= 0.6 is 0 Å². The van der Waals surface area contributed by atoms with E-state index in [0.717, 1.165) is 32.1 Å². The van der Waals surface area contributed by atoms with Gasteiger partial charge < -0.3 is 9.84 Å². The van der Waals surface area contributed by atoms with Crippen molar-refractivity contribution in [2.24, 2.45) is 34.5 Å². The van der Waals surface area contributed by atoms with E-state index in [4.69, 9.17) is 9.84 Å². The number of carboxylic acid groups (broad SMARTS) is 1. The predicted molar refractivity (Wildman–Crippen MR) is 108 cm³/mol. The first-order valence-corrected chi connectivity index (χ1v) is 11.3. The molecule has 3 fully saturated rings. The van der Waals surface area contributed by atoms with Crippen molar-refractivity contribution in [2.75, 3.05) is 0 Å². The van der Waals surface area contributed by atoms with Crippen molar-refractivity contribution >= 4 is 17.7 Å². The fourth-order valence-electron chi connectivity index (χ4n) is 7.63. The van der Waals surface area contributed by atoms with Gasteiger partial charge in [0.1, 0.15) is 6.10 Å². The summed E-state index contributed by atoms with van der Waals surface area (Å²) in [4.78, 5) is 35.1. The van der Waals surface area contributed by atoms with Crippen molar-refractivity contribution < 1.29 is 24.2 Å². The van der Waals surface area contributed by atoms with Gasteiger partial charge in [-0.1, -0.05) is 19.4 Å². The summed E-state index contributed by atoms with van der Waals surface area (Å²) in [7, 11) is 0. The van der Waals surface area contributed by atoms with E-state index in [1.165, 1.54) is 12.0 Å². The van der Waals surface area contributed by atoms with Crippen molar-refractivity contribution in [3.63, 3.8) is 0 Å². The second-order valence-electron chi connectivity index (χ2n) is 10.4. The smallest absolute Gasteiger partial charge is 0.306 e. The highest BCUT2D eigenvalue weighted by Crippen LogP contribution is 2.66. The summed E-state index contributed by atoms with van der Waals surface area (Å²) in [5.74, 6) is 1.19.